The van der Waals surface area contributed by atoms with Crippen LogP contribution in [0.1, 0.15) is 10.4 Å². The standard InChI is InChI=1S/C13H13N3O2S2/c14-9-10-8-11(15)3-4-13(10)20(17,18)16-6-5-12-2-1-7-19-12/h1-4,7-8,16H,5-6,15H2. The van der Waals surface area contributed by atoms with Crippen LogP contribution in [0.5, 0.6) is 0 Å². The van der Waals surface area contributed by atoms with Crippen molar-refractivity contribution in [2.24, 2.45) is 0 Å². The fourth-order valence-corrected chi connectivity index (χ4v) is 3.59. The Hall–Kier alpha value is -1.88. The van der Waals surface area contributed by atoms with E-state index in [1.54, 1.807) is 11.3 Å². The van der Waals surface area contributed by atoms with Gasteiger partial charge in [0.15, 0.2) is 0 Å². The Kier molecular flexibility index (Phi) is 4.39. The van der Waals surface area contributed by atoms with Gasteiger partial charge in [-0.1, -0.05) is 6.07 Å². The van der Waals surface area contributed by atoms with Crippen LogP contribution in [-0.4, -0.2) is 15.0 Å². The van der Waals surface area contributed by atoms with Crippen LogP contribution in [0, 0.1) is 11.3 Å². The lowest BCUT2D eigenvalue weighted by Crippen LogP contribution is -2.26. The van der Waals surface area contributed by atoms with Gasteiger partial charge in [0.2, 0.25) is 10.0 Å². The van der Waals surface area contributed by atoms with E-state index in [0.717, 1.165) is 4.88 Å². The average Bonchev–Trinajstić information content (AvgIpc) is 2.91. The molecule has 0 aliphatic carbocycles. The summed E-state index contributed by atoms with van der Waals surface area (Å²) in [5, 5.41) is 10.9. The molecule has 0 saturated heterocycles. The largest absolute Gasteiger partial charge is 0.399 e. The molecule has 0 aliphatic rings. The second-order valence-corrected chi connectivity index (χ2v) is 6.86. The summed E-state index contributed by atoms with van der Waals surface area (Å²) in [4.78, 5) is 1.06. The molecule has 1 aromatic heterocycles. The van der Waals surface area contributed by atoms with Crippen LogP contribution in [0.2, 0.25) is 0 Å². The third kappa shape index (κ3) is 3.36. The molecule has 3 N–H and O–H groups in total. The molecule has 0 saturated carbocycles. The van der Waals surface area contributed by atoms with Gasteiger partial charge in [-0.2, -0.15) is 5.26 Å². The zero-order chi connectivity index (χ0) is 14.6. The summed E-state index contributed by atoms with van der Waals surface area (Å²) < 4.78 is 26.8. The Morgan fingerprint density at radius 2 is 2.15 bits per heavy atom. The Morgan fingerprint density at radius 3 is 2.80 bits per heavy atom. The summed E-state index contributed by atoms with van der Waals surface area (Å²) in [5.41, 5.74) is 5.96. The number of nitrogens with zero attached hydrogens (tertiary/aromatic N) is 1. The van der Waals surface area contributed by atoms with Crippen molar-refractivity contribution in [3.8, 4) is 6.07 Å². The molecule has 0 fully saturated rings. The fourth-order valence-electron chi connectivity index (χ4n) is 1.71. The minimum Gasteiger partial charge on any atom is -0.399 e. The summed E-state index contributed by atoms with van der Waals surface area (Å²) in [6.45, 7) is 0.290. The maximum absolute atomic E-state index is 12.2. The topological polar surface area (TPSA) is 96.0 Å². The van der Waals surface area contributed by atoms with Crippen molar-refractivity contribution in [2.45, 2.75) is 11.3 Å². The van der Waals surface area contributed by atoms with E-state index < -0.39 is 10.0 Å². The summed E-state index contributed by atoms with van der Waals surface area (Å²) in [6, 6.07) is 9.89. The number of anilines is 1. The van der Waals surface area contributed by atoms with Gasteiger partial charge in [0, 0.05) is 17.1 Å². The number of hydrogen-bond donors (Lipinski definition) is 2. The van der Waals surface area contributed by atoms with Gasteiger partial charge >= 0.3 is 0 Å². The summed E-state index contributed by atoms with van der Waals surface area (Å²) in [6.07, 6.45) is 0.619. The van der Waals surface area contributed by atoms with Crippen molar-refractivity contribution in [3.63, 3.8) is 0 Å². The second-order valence-electron chi connectivity index (χ2n) is 4.09. The molecule has 0 unspecified atom stereocenters. The summed E-state index contributed by atoms with van der Waals surface area (Å²) in [7, 11) is -3.70. The third-order valence-corrected chi connectivity index (χ3v) is 5.11. The SMILES string of the molecule is N#Cc1cc(N)ccc1S(=O)(=O)NCCc1cccs1. The quantitative estimate of drug-likeness (QED) is 0.822. The van der Waals surface area contributed by atoms with Gasteiger partial charge in [0.1, 0.15) is 6.07 Å². The lowest BCUT2D eigenvalue weighted by Gasteiger charge is -2.08. The molecule has 0 radical (unpaired) electrons. The molecule has 0 aliphatic heterocycles. The predicted molar refractivity (Wildman–Crippen MR) is 78.8 cm³/mol. The first-order valence-electron chi connectivity index (χ1n) is 5.84. The van der Waals surface area contributed by atoms with E-state index in [0.29, 0.717) is 12.1 Å². The third-order valence-electron chi connectivity index (χ3n) is 2.66. The van der Waals surface area contributed by atoms with Gasteiger partial charge in [-0.05, 0) is 36.1 Å². The zero-order valence-corrected chi connectivity index (χ0v) is 12.2. The molecule has 1 heterocycles. The minimum atomic E-state index is -3.70. The highest BCUT2D eigenvalue weighted by Crippen LogP contribution is 2.18. The number of thiophene rings is 1. The summed E-state index contributed by atoms with van der Waals surface area (Å²) >= 11 is 1.58. The lowest BCUT2D eigenvalue weighted by atomic mass is 10.2. The van der Waals surface area contributed by atoms with Gasteiger partial charge in [-0.3, -0.25) is 0 Å². The van der Waals surface area contributed by atoms with Crippen molar-refractivity contribution < 1.29 is 8.42 Å². The number of hydrogen-bond acceptors (Lipinski definition) is 5. The first kappa shape index (κ1) is 14.5. The van der Waals surface area contributed by atoms with Gasteiger partial charge in [-0.25, -0.2) is 13.1 Å². The minimum absolute atomic E-state index is 0.0413. The first-order valence-corrected chi connectivity index (χ1v) is 8.21. The second kappa shape index (κ2) is 6.05. The number of nitrogen functional groups attached to an aromatic ring is 1. The van der Waals surface area contributed by atoms with Crippen molar-refractivity contribution in [2.75, 3.05) is 12.3 Å². The number of nitriles is 1. The molecule has 1 aromatic carbocycles. The van der Waals surface area contributed by atoms with Crippen molar-refractivity contribution >= 4 is 27.0 Å². The van der Waals surface area contributed by atoms with Crippen molar-refractivity contribution in [1.82, 2.24) is 4.72 Å². The van der Waals surface area contributed by atoms with E-state index >= 15 is 0 Å². The molecule has 20 heavy (non-hydrogen) atoms. The predicted octanol–water partition coefficient (Wildman–Crippen LogP) is 1.72. The zero-order valence-electron chi connectivity index (χ0n) is 10.5. The van der Waals surface area contributed by atoms with Crippen LogP contribution in [0.3, 0.4) is 0 Å². The number of rotatable bonds is 5. The molecule has 0 spiro atoms. The van der Waals surface area contributed by atoms with Gasteiger partial charge in [0.25, 0.3) is 0 Å². The fraction of sp³-hybridized carbons (Fsp3) is 0.154. The van der Waals surface area contributed by atoms with Crippen LogP contribution in [-0.2, 0) is 16.4 Å². The van der Waals surface area contributed by atoms with Crippen molar-refractivity contribution in [3.05, 3.63) is 46.2 Å². The van der Waals surface area contributed by atoms with E-state index in [9.17, 15) is 8.42 Å². The van der Waals surface area contributed by atoms with Crippen LogP contribution in [0.25, 0.3) is 0 Å². The smallest absolute Gasteiger partial charge is 0.241 e. The average molecular weight is 307 g/mol. The molecule has 5 nitrogen and oxygen atoms in total. The molecule has 7 heteroatoms. The van der Waals surface area contributed by atoms with Crippen LogP contribution in [0.15, 0.2) is 40.6 Å². The first-order chi connectivity index (χ1) is 9.53. The van der Waals surface area contributed by atoms with E-state index in [4.69, 9.17) is 11.0 Å². The van der Waals surface area contributed by atoms with Gasteiger partial charge in [0.05, 0.1) is 10.5 Å². The Bertz CT molecular complexity index is 731. The van der Waals surface area contributed by atoms with Crippen molar-refractivity contribution in [1.29, 1.82) is 5.26 Å². The Labute approximate surface area is 121 Å². The lowest BCUT2D eigenvalue weighted by molar-refractivity contribution is 0.581. The molecule has 104 valence electrons. The Morgan fingerprint density at radius 1 is 1.35 bits per heavy atom. The van der Waals surface area contributed by atoms with Crippen LogP contribution >= 0.6 is 11.3 Å². The van der Waals surface area contributed by atoms with E-state index in [1.165, 1.54) is 18.2 Å². The van der Waals surface area contributed by atoms with E-state index in [-0.39, 0.29) is 17.0 Å². The molecule has 0 atom stereocenters. The highest BCUT2D eigenvalue weighted by atomic mass is 32.2. The highest BCUT2D eigenvalue weighted by molar-refractivity contribution is 7.89. The summed E-state index contributed by atoms with van der Waals surface area (Å²) in [5.74, 6) is 0. The van der Waals surface area contributed by atoms with Crippen LogP contribution in [0.4, 0.5) is 5.69 Å². The number of nitrogens with one attached hydrogen (secondary N) is 1. The number of sulfonamides is 1. The van der Waals surface area contributed by atoms with Gasteiger partial charge in [-0.15, -0.1) is 11.3 Å². The Balaban J connectivity index is 2.12. The van der Waals surface area contributed by atoms with E-state index in [1.807, 2.05) is 23.6 Å². The number of nitrogens with two attached hydrogens (primary N) is 1. The van der Waals surface area contributed by atoms with Gasteiger partial charge < -0.3 is 5.73 Å². The van der Waals surface area contributed by atoms with E-state index in [2.05, 4.69) is 4.72 Å². The molecule has 2 aromatic rings. The molecule has 0 bridgehead atoms. The normalized spacial score (nSPS) is 11.2. The number of benzene rings is 1. The van der Waals surface area contributed by atoms with Crippen LogP contribution < -0.4 is 10.5 Å². The maximum Gasteiger partial charge on any atom is 0.241 e. The molecular formula is C13H13N3O2S2. The molecule has 2 rings (SSSR count). The maximum atomic E-state index is 12.2. The highest BCUT2D eigenvalue weighted by Gasteiger charge is 2.18. The molecular weight excluding hydrogens is 294 g/mol. The molecule has 0 amide bonds. The monoisotopic (exact) mass is 307 g/mol.